The third kappa shape index (κ3) is 5.58. The summed E-state index contributed by atoms with van der Waals surface area (Å²) < 4.78 is 4.00. The Morgan fingerprint density at radius 1 is 0.800 bits per heavy atom. The fraction of sp³-hybridized carbons (Fsp3) is 0.294. The first-order chi connectivity index (χ1) is 18.7. The van der Waals surface area contributed by atoms with Crippen molar-refractivity contribution in [3.63, 3.8) is 0 Å². The van der Waals surface area contributed by atoms with Crippen LogP contribution in [0.5, 0.6) is 5.75 Å². The number of benzene rings is 3. The van der Waals surface area contributed by atoms with Crippen LogP contribution < -0.4 is 0 Å². The molecule has 0 radical (unpaired) electrons. The molecule has 0 atom stereocenters. The predicted molar refractivity (Wildman–Crippen MR) is 159 cm³/mol. The van der Waals surface area contributed by atoms with Crippen LogP contribution in [0.15, 0.2) is 73.1 Å². The van der Waals surface area contributed by atoms with Crippen LogP contribution in [0, 0.1) is 13.0 Å². The van der Waals surface area contributed by atoms with Crippen LogP contribution >= 0.6 is 0 Å². The minimum absolute atomic E-state index is 0. The van der Waals surface area contributed by atoms with Crippen molar-refractivity contribution in [2.75, 3.05) is 0 Å². The third-order valence-electron chi connectivity index (χ3n) is 7.29. The molecule has 5 rings (SSSR count). The van der Waals surface area contributed by atoms with E-state index in [1.54, 1.807) is 10.7 Å². The van der Waals surface area contributed by atoms with Gasteiger partial charge in [-0.15, -0.1) is 24.3 Å². The van der Waals surface area contributed by atoms with Gasteiger partial charge in [0.15, 0.2) is 0 Å². The van der Waals surface area contributed by atoms with E-state index >= 15 is 0 Å². The Hall–Kier alpha value is -3.43. The third-order valence-corrected chi connectivity index (χ3v) is 7.29. The van der Waals surface area contributed by atoms with E-state index in [0.717, 1.165) is 28.3 Å². The molecule has 0 unspecified atom stereocenters. The molecule has 5 aromatic rings. The first-order valence-electron chi connectivity index (χ1n) is 13.7. The molecule has 0 amide bonds. The maximum absolute atomic E-state index is 10.4. The van der Waals surface area contributed by atoms with Crippen molar-refractivity contribution in [1.82, 2.24) is 19.3 Å². The van der Waals surface area contributed by atoms with Gasteiger partial charge in [-0.05, 0) is 59.6 Å². The van der Waals surface area contributed by atoms with E-state index in [2.05, 4.69) is 76.6 Å². The molecule has 2 heterocycles. The SMILES string of the molecule is Cc1cc(-c2[c-]c(-c3nccn3-c3c(C(C)C)cc(C(C)C)cc3C(C)C)ccc2)nn1-c1ccccc1O.[Pt]. The van der Waals surface area contributed by atoms with E-state index in [-0.39, 0.29) is 26.8 Å². The average molecular weight is 713 g/mol. The molecule has 3 aromatic carbocycles. The van der Waals surface area contributed by atoms with Gasteiger partial charge in [0.2, 0.25) is 0 Å². The van der Waals surface area contributed by atoms with Crippen LogP contribution in [0.2, 0.25) is 0 Å². The summed E-state index contributed by atoms with van der Waals surface area (Å²) in [5, 5.41) is 15.2. The van der Waals surface area contributed by atoms with Gasteiger partial charge in [0.25, 0.3) is 0 Å². The molecule has 0 saturated carbocycles. The molecular weight excluding hydrogens is 675 g/mol. The topological polar surface area (TPSA) is 55.9 Å². The van der Waals surface area contributed by atoms with Crippen molar-refractivity contribution in [3.8, 4) is 39.8 Å². The maximum atomic E-state index is 10.4. The quantitative estimate of drug-likeness (QED) is 0.172. The van der Waals surface area contributed by atoms with Gasteiger partial charge in [0, 0.05) is 50.5 Å². The zero-order valence-electron chi connectivity index (χ0n) is 24.2. The van der Waals surface area contributed by atoms with Gasteiger partial charge < -0.3 is 9.67 Å². The number of aromatic nitrogens is 4. The molecule has 0 aliphatic carbocycles. The Labute approximate surface area is 252 Å². The Balaban J connectivity index is 0.00000370. The summed E-state index contributed by atoms with van der Waals surface area (Å²) in [6.45, 7) is 15.6. The Bertz CT molecular complexity index is 1600. The zero-order valence-corrected chi connectivity index (χ0v) is 26.5. The number of hydrogen-bond donors (Lipinski definition) is 1. The maximum Gasteiger partial charge on any atom is 0.141 e. The minimum Gasteiger partial charge on any atom is -0.506 e. The summed E-state index contributed by atoms with van der Waals surface area (Å²) in [7, 11) is 0. The van der Waals surface area contributed by atoms with Crippen LogP contribution in [-0.2, 0) is 21.1 Å². The van der Waals surface area contributed by atoms with Crippen LogP contribution in [-0.4, -0.2) is 24.4 Å². The number of imidazole rings is 1. The normalized spacial score (nSPS) is 11.4. The summed E-state index contributed by atoms with van der Waals surface area (Å²) >= 11 is 0. The van der Waals surface area contributed by atoms with E-state index in [4.69, 9.17) is 10.1 Å². The van der Waals surface area contributed by atoms with E-state index in [1.165, 1.54) is 22.4 Å². The fourth-order valence-electron chi connectivity index (χ4n) is 5.12. The first-order valence-corrected chi connectivity index (χ1v) is 13.7. The van der Waals surface area contributed by atoms with Gasteiger partial charge in [-0.25, -0.2) is 9.78 Å². The van der Waals surface area contributed by atoms with Crippen molar-refractivity contribution in [2.24, 2.45) is 0 Å². The molecule has 2 aromatic heterocycles. The van der Waals surface area contributed by atoms with Gasteiger partial charge in [-0.1, -0.05) is 76.9 Å². The molecule has 210 valence electrons. The van der Waals surface area contributed by atoms with Crippen LogP contribution in [0.1, 0.15) is 81.7 Å². The molecule has 40 heavy (non-hydrogen) atoms. The van der Waals surface area contributed by atoms with E-state index in [0.29, 0.717) is 23.4 Å². The van der Waals surface area contributed by atoms with Crippen molar-refractivity contribution in [1.29, 1.82) is 0 Å². The molecule has 0 saturated heterocycles. The Morgan fingerprint density at radius 3 is 2.08 bits per heavy atom. The second-order valence-corrected chi connectivity index (χ2v) is 11.2. The standard InChI is InChI=1S/C34H37N4O.Pt/c1-21(2)27-19-28(22(3)4)33(29(20-27)23(5)6)37-16-15-35-34(37)26-12-10-11-25(18-26)30-17-24(7)38(36-30)31-13-8-9-14-32(31)39;/h8-17,19-23,39H,1-7H3;/q-1;. The van der Waals surface area contributed by atoms with Gasteiger partial charge in [0.1, 0.15) is 11.4 Å². The summed E-state index contributed by atoms with van der Waals surface area (Å²) in [5.74, 6) is 2.24. The van der Waals surface area contributed by atoms with Crippen molar-refractivity contribution < 1.29 is 26.2 Å². The number of rotatable bonds is 7. The van der Waals surface area contributed by atoms with Gasteiger partial charge in [-0.3, -0.25) is 4.98 Å². The largest absolute Gasteiger partial charge is 0.506 e. The van der Waals surface area contributed by atoms with Crippen LogP contribution in [0.25, 0.3) is 34.0 Å². The number of phenols is 1. The van der Waals surface area contributed by atoms with Crippen LogP contribution in [0.4, 0.5) is 0 Å². The zero-order chi connectivity index (χ0) is 27.8. The number of para-hydroxylation sites is 2. The molecular formula is C34H37N4OPt-. The average Bonchev–Trinajstić information content (AvgIpc) is 3.55. The van der Waals surface area contributed by atoms with Crippen molar-refractivity contribution in [2.45, 2.75) is 66.2 Å². The Morgan fingerprint density at radius 2 is 1.45 bits per heavy atom. The number of nitrogens with zero attached hydrogens (tertiary/aromatic N) is 4. The van der Waals surface area contributed by atoms with E-state index < -0.39 is 0 Å². The minimum atomic E-state index is 0. The summed E-state index contributed by atoms with van der Waals surface area (Å²) in [5.41, 5.74) is 9.41. The number of aryl methyl sites for hydroxylation is 1. The van der Waals surface area contributed by atoms with Gasteiger partial charge in [-0.2, -0.15) is 0 Å². The molecule has 5 nitrogen and oxygen atoms in total. The molecule has 1 N–H and O–H groups in total. The fourth-order valence-corrected chi connectivity index (χ4v) is 5.12. The van der Waals surface area contributed by atoms with Crippen molar-refractivity contribution >= 4 is 0 Å². The molecule has 6 heteroatoms. The van der Waals surface area contributed by atoms with E-state index in [1.807, 2.05) is 49.5 Å². The van der Waals surface area contributed by atoms with E-state index in [9.17, 15) is 5.11 Å². The van der Waals surface area contributed by atoms with Gasteiger partial charge in [0.05, 0.1) is 5.82 Å². The summed E-state index contributed by atoms with van der Waals surface area (Å²) in [4.78, 5) is 4.81. The molecule has 0 fully saturated rings. The molecule has 0 aliphatic heterocycles. The molecule has 0 aliphatic rings. The second-order valence-electron chi connectivity index (χ2n) is 11.2. The van der Waals surface area contributed by atoms with Crippen LogP contribution in [0.3, 0.4) is 0 Å². The second kappa shape index (κ2) is 12.0. The number of aromatic hydroxyl groups is 1. The monoisotopic (exact) mass is 712 g/mol. The summed E-state index contributed by atoms with van der Waals surface area (Å²) in [6, 6.07) is 23.7. The molecule has 0 spiro atoms. The summed E-state index contributed by atoms with van der Waals surface area (Å²) in [6.07, 6.45) is 3.94. The smallest absolute Gasteiger partial charge is 0.141 e. The first kappa shape index (κ1) is 29.5. The van der Waals surface area contributed by atoms with Gasteiger partial charge >= 0.3 is 0 Å². The predicted octanol–water partition coefficient (Wildman–Crippen LogP) is 8.57. The number of phenolic OH excluding ortho intramolecular Hbond substituents is 1. The molecule has 0 bridgehead atoms. The number of hydrogen-bond acceptors (Lipinski definition) is 3. The Kier molecular flexibility index (Phi) is 8.85. The van der Waals surface area contributed by atoms with Crippen molar-refractivity contribution in [3.05, 3.63) is 102 Å².